The molecule has 0 spiro atoms. The molecule has 0 fully saturated rings. The fourth-order valence-corrected chi connectivity index (χ4v) is 1.36. The Morgan fingerprint density at radius 1 is 1.40 bits per heavy atom. The Morgan fingerprint density at radius 3 is 2.73 bits per heavy atom. The molecule has 1 aromatic carbocycles. The number of hydrogen-bond acceptors (Lipinski definition) is 3. The molecule has 0 aliphatic carbocycles. The van der Waals surface area contributed by atoms with Gasteiger partial charge in [-0.05, 0) is 12.5 Å². The van der Waals surface area contributed by atoms with Gasteiger partial charge in [-0.1, -0.05) is 29.4 Å². The lowest BCUT2D eigenvalue weighted by Gasteiger charge is -1.98. The Hall–Kier alpha value is -2.10. The van der Waals surface area contributed by atoms with Crippen molar-refractivity contribution in [3.05, 3.63) is 41.7 Å². The summed E-state index contributed by atoms with van der Waals surface area (Å²) in [5.41, 5.74) is 2.46. The normalized spacial score (nSPS) is 10.2. The minimum Gasteiger partial charge on any atom is -0.475 e. The maximum Gasteiger partial charge on any atom is 0.374 e. The lowest BCUT2D eigenvalue weighted by molar-refractivity contribution is 0.0652. The predicted octanol–water partition coefficient (Wildman–Crippen LogP) is 2.35. The number of aromatic nitrogens is 1. The van der Waals surface area contributed by atoms with Gasteiger partial charge >= 0.3 is 5.97 Å². The Bertz CT molecular complexity index is 502. The van der Waals surface area contributed by atoms with E-state index in [-0.39, 0.29) is 5.76 Å². The fraction of sp³-hybridized carbons (Fsp3) is 0.0909. The molecule has 4 nitrogen and oxygen atoms in total. The first-order valence-electron chi connectivity index (χ1n) is 4.44. The molecular weight excluding hydrogens is 194 g/mol. The smallest absolute Gasteiger partial charge is 0.374 e. The summed E-state index contributed by atoms with van der Waals surface area (Å²) in [5.74, 6) is -1.25. The molecule has 1 aromatic heterocycles. The number of carboxylic acid groups (broad SMARTS) is 1. The molecule has 76 valence electrons. The molecule has 0 atom stereocenters. The van der Waals surface area contributed by atoms with E-state index in [0.717, 1.165) is 11.1 Å². The molecule has 2 aromatic rings. The largest absolute Gasteiger partial charge is 0.475 e. The van der Waals surface area contributed by atoms with Gasteiger partial charge in [0.25, 0.3) is 0 Å². The second kappa shape index (κ2) is 3.57. The molecule has 1 heterocycles. The van der Waals surface area contributed by atoms with Crippen LogP contribution in [0, 0.1) is 6.92 Å². The Kier molecular flexibility index (Phi) is 2.25. The first-order chi connectivity index (χ1) is 7.18. The Labute approximate surface area is 86.1 Å². The van der Waals surface area contributed by atoms with Crippen LogP contribution in [0.2, 0.25) is 0 Å². The van der Waals surface area contributed by atoms with Crippen LogP contribution in [0.15, 0.2) is 34.9 Å². The summed E-state index contributed by atoms with van der Waals surface area (Å²) in [6.45, 7) is 1.93. The van der Waals surface area contributed by atoms with Gasteiger partial charge in [-0.15, -0.1) is 0 Å². The average Bonchev–Trinajstić information content (AvgIpc) is 2.67. The van der Waals surface area contributed by atoms with Crippen molar-refractivity contribution in [2.24, 2.45) is 0 Å². The molecule has 1 N–H and O–H groups in total. The van der Waals surface area contributed by atoms with Crippen molar-refractivity contribution >= 4 is 5.97 Å². The maximum absolute atomic E-state index is 10.6. The SMILES string of the molecule is Cc1ccccc1-c1cc(C(=O)O)on1. The van der Waals surface area contributed by atoms with E-state index in [9.17, 15) is 4.79 Å². The van der Waals surface area contributed by atoms with E-state index >= 15 is 0 Å². The molecule has 0 aliphatic heterocycles. The van der Waals surface area contributed by atoms with Crippen LogP contribution in [0.3, 0.4) is 0 Å². The van der Waals surface area contributed by atoms with Crippen molar-refractivity contribution in [1.29, 1.82) is 0 Å². The molecular formula is C11H9NO3. The Morgan fingerprint density at radius 2 is 2.13 bits per heavy atom. The van der Waals surface area contributed by atoms with Crippen LogP contribution in [0.5, 0.6) is 0 Å². The second-order valence-electron chi connectivity index (χ2n) is 3.20. The number of aromatic carboxylic acids is 1. The first kappa shape index (κ1) is 9.45. The van der Waals surface area contributed by atoms with Crippen molar-refractivity contribution in [3.63, 3.8) is 0 Å². The molecule has 15 heavy (non-hydrogen) atoms. The van der Waals surface area contributed by atoms with E-state index in [1.807, 2.05) is 31.2 Å². The molecule has 0 amide bonds. The van der Waals surface area contributed by atoms with Gasteiger partial charge in [0.2, 0.25) is 5.76 Å². The standard InChI is InChI=1S/C11H9NO3/c1-7-4-2-3-5-8(7)9-6-10(11(13)14)15-12-9/h2-6H,1H3,(H,13,14). The third-order valence-corrected chi connectivity index (χ3v) is 2.14. The van der Waals surface area contributed by atoms with Gasteiger partial charge in [0.15, 0.2) is 0 Å². The van der Waals surface area contributed by atoms with Crippen molar-refractivity contribution in [1.82, 2.24) is 5.16 Å². The number of nitrogens with zero attached hydrogens (tertiary/aromatic N) is 1. The number of rotatable bonds is 2. The number of carbonyl (C=O) groups is 1. The fourth-order valence-electron chi connectivity index (χ4n) is 1.36. The zero-order valence-electron chi connectivity index (χ0n) is 8.10. The van der Waals surface area contributed by atoms with E-state index < -0.39 is 5.97 Å². The van der Waals surface area contributed by atoms with Crippen molar-refractivity contribution < 1.29 is 14.4 Å². The van der Waals surface area contributed by atoms with Crippen molar-refractivity contribution in [3.8, 4) is 11.3 Å². The number of hydrogen-bond donors (Lipinski definition) is 1. The van der Waals surface area contributed by atoms with Gasteiger partial charge in [0, 0.05) is 11.6 Å². The van der Waals surface area contributed by atoms with E-state index in [1.165, 1.54) is 6.07 Å². The summed E-state index contributed by atoms with van der Waals surface area (Å²) in [6.07, 6.45) is 0. The first-order valence-corrected chi connectivity index (χ1v) is 4.44. The van der Waals surface area contributed by atoms with E-state index in [1.54, 1.807) is 0 Å². The monoisotopic (exact) mass is 203 g/mol. The molecule has 0 saturated carbocycles. The summed E-state index contributed by atoms with van der Waals surface area (Å²) in [5, 5.41) is 12.4. The Balaban J connectivity index is 2.46. The van der Waals surface area contributed by atoms with Crippen LogP contribution < -0.4 is 0 Å². The van der Waals surface area contributed by atoms with Crippen LogP contribution in [-0.4, -0.2) is 16.2 Å². The van der Waals surface area contributed by atoms with Crippen LogP contribution in [0.25, 0.3) is 11.3 Å². The minimum atomic E-state index is -1.11. The number of aryl methyl sites for hydroxylation is 1. The zero-order valence-corrected chi connectivity index (χ0v) is 8.10. The molecule has 0 aliphatic rings. The minimum absolute atomic E-state index is 0.145. The highest BCUT2D eigenvalue weighted by molar-refractivity contribution is 5.85. The molecule has 0 saturated heterocycles. The summed E-state index contributed by atoms with van der Waals surface area (Å²) >= 11 is 0. The van der Waals surface area contributed by atoms with Crippen LogP contribution in [0.1, 0.15) is 16.1 Å². The highest BCUT2D eigenvalue weighted by Crippen LogP contribution is 2.22. The average molecular weight is 203 g/mol. The zero-order chi connectivity index (χ0) is 10.8. The van der Waals surface area contributed by atoms with E-state index in [2.05, 4.69) is 9.68 Å². The third kappa shape index (κ3) is 1.74. The van der Waals surface area contributed by atoms with E-state index in [0.29, 0.717) is 5.69 Å². The van der Waals surface area contributed by atoms with Gasteiger partial charge < -0.3 is 9.63 Å². The lowest BCUT2D eigenvalue weighted by atomic mass is 10.1. The van der Waals surface area contributed by atoms with Gasteiger partial charge in [0.1, 0.15) is 5.69 Å². The summed E-state index contributed by atoms with van der Waals surface area (Å²) in [6, 6.07) is 9.02. The van der Waals surface area contributed by atoms with Gasteiger partial charge in [-0.25, -0.2) is 4.79 Å². The molecule has 0 bridgehead atoms. The van der Waals surface area contributed by atoms with Gasteiger partial charge in [-0.2, -0.15) is 0 Å². The summed E-state index contributed by atoms with van der Waals surface area (Å²) in [7, 11) is 0. The number of benzene rings is 1. The molecule has 2 rings (SSSR count). The second-order valence-corrected chi connectivity index (χ2v) is 3.20. The molecule has 0 unspecified atom stereocenters. The van der Waals surface area contributed by atoms with Gasteiger partial charge in [-0.3, -0.25) is 0 Å². The quantitative estimate of drug-likeness (QED) is 0.813. The number of carboxylic acids is 1. The maximum atomic E-state index is 10.6. The highest BCUT2D eigenvalue weighted by atomic mass is 16.5. The summed E-state index contributed by atoms with van der Waals surface area (Å²) in [4.78, 5) is 10.6. The summed E-state index contributed by atoms with van der Waals surface area (Å²) < 4.78 is 4.69. The van der Waals surface area contributed by atoms with Crippen LogP contribution >= 0.6 is 0 Å². The lowest BCUT2D eigenvalue weighted by Crippen LogP contribution is -1.91. The van der Waals surface area contributed by atoms with Gasteiger partial charge in [0.05, 0.1) is 0 Å². The molecule has 0 radical (unpaired) electrons. The highest BCUT2D eigenvalue weighted by Gasteiger charge is 2.12. The van der Waals surface area contributed by atoms with E-state index in [4.69, 9.17) is 5.11 Å². The van der Waals surface area contributed by atoms with Crippen molar-refractivity contribution in [2.45, 2.75) is 6.92 Å². The topological polar surface area (TPSA) is 63.3 Å². The van der Waals surface area contributed by atoms with Crippen molar-refractivity contribution in [2.75, 3.05) is 0 Å². The molecule has 4 heteroatoms. The predicted molar refractivity (Wildman–Crippen MR) is 53.6 cm³/mol. The van der Waals surface area contributed by atoms with Crippen LogP contribution in [-0.2, 0) is 0 Å². The van der Waals surface area contributed by atoms with Crippen LogP contribution in [0.4, 0.5) is 0 Å². The third-order valence-electron chi connectivity index (χ3n) is 2.14.